The van der Waals surface area contributed by atoms with Gasteiger partial charge in [0.1, 0.15) is 0 Å². The Morgan fingerprint density at radius 3 is 2.64 bits per heavy atom. The lowest BCUT2D eigenvalue weighted by Gasteiger charge is -2.10. The Morgan fingerprint density at radius 2 is 1.96 bits per heavy atom. The van der Waals surface area contributed by atoms with Crippen LogP contribution in [-0.2, 0) is 9.59 Å². The van der Waals surface area contributed by atoms with Crippen molar-refractivity contribution in [3.8, 4) is 11.5 Å². The number of nitrogens with one attached hydrogen (secondary N) is 1. The molecule has 0 saturated carbocycles. The number of nitrogens with zero attached hydrogens (tertiary/aromatic N) is 1. The van der Waals surface area contributed by atoms with Crippen LogP contribution in [0, 0.1) is 6.92 Å². The maximum atomic E-state index is 12.2. The number of hydrogen-bond acceptors (Lipinski definition) is 6. The van der Waals surface area contributed by atoms with Crippen LogP contribution < -0.4 is 20.5 Å². The Morgan fingerprint density at radius 1 is 1.21 bits per heavy atom. The fourth-order valence-electron chi connectivity index (χ4n) is 2.41. The fraction of sp³-hybridized carbons (Fsp3) is 0.150. The monoisotopic (exact) mass is 397 g/mol. The number of carbonyl (C=O) groups is 2. The highest BCUT2D eigenvalue weighted by Crippen LogP contribution is 2.32. The first-order valence-corrected chi connectivity index (χ1v) is 9.21. The predicted molar refractivity (Wildman–Crippen MR) is 110 cm³/mol. The number of primary amides is 1. The second kappa shape index (κ2) is 8.62. The summed E-state index contributed by atoms with van der Waals surface area (Å²) < 4.78 is 10.6. The number of hydrogen-bond donors (Lipinski definition) is 2. The van der Waals surface area contributed by atoms with Gasteiger partial charge in [0.2, 0.25) is 0 Å². The number of ether oxygens (including phenoxy) is 2. The van der Waals surface area contributed by atoms with Crippen molar-refractivity contribution in [3.63, 3.8) is 0 Å². The molecule has 28 heavy (non-hydrogen) atoms. The smallest absolute Gasteiger partial charge is 0.264 e. The standard InChI is InChI=1S/C20H19N3O4S/c1-12-3-6-14(7-4-12)22-20-23-19(25)17(28-20)10-13-5-8-15(16(9-13)26-2)27-11-18(21)24/h3-10H,11H2,1-2H3,(H2,21,24)(H,22,23,25)/b17-10-. The van der Waals surface area contributed by atoms with Crippen LogP contribution in [0.4, 0.5) is 5.69 Å². The largest absolute Gasteiger partial charge is 0.493 e. The normalized spacial score (nSPS) is 16.3. The maximum absolute atomic E-state index is 12.2. The van der Waals surface area contributed by atoms with Crippen molar-refractivity contribution in [3.05, 3.63) is 58.5 Å². The van der Waals surface area contributed by atoms with Crippen molar-refractivity contribution >= 4 is 40.5 Å². The van der Waals surface area contributed by atoms with Crippen molar-refractivity contribution in [1.29, 1.82) is 0 Å². The van der Waals surface area contributed by atoms with Gasteiger partial charge < -0.3 is 20.5 Å². The molecule has 1 saturated heterocycles. The summed E-state index contributed by atoms with van der Waals surface area (Å²) >= 11 is 1.26. The number of thioether (sulfide) groups is 1. The van der Waals surface area contributed by atoms with Gasteiger partial charge in [-0.25, -0.2) is 4.99 Å². The molecule has 7 nitrogen and oxygen atoms in total. The third-order valence-corrected chi connectivity index (χ3v) is 4.68. The van der Waals surface area contributed by atoms with Gasteiger partial charge in [0.15, 0.2) is 23.3 Å². The van der Waals surface area contributed by atoms with Crippen molar-refractivity contribution < 1.29 is 19.1 Å². The molecule has 3 rings (SSSR count). The first-order valence-electron chi connectivity index (χ1n) is 8.40. The Hall–Kier alpha value is -3.26. The molecule has 0 unspecified atom stereocenters. The van der Waals surface area contributed by atoms with E-state index >= 15 is 0 Å². The summed E-state index contributed by atoms with van der Waals surface area (Å²) in [5.74, 6) is 0.0395. The minimum absolute atomic E-state index is 0.219. The summed E-state index contributed by atoms with van der Waals surface area (Å²) in [5.41, 5.74) is 7.75. The number of benzene rings is 2. The second-order valence-electron chi connectivity index (χ2n) is 5.98. The van der Waals surface area contributed by atoms with Crippen LogP contribution in [0.1, 0.15) is 11.1 Å². The van der Waals surface area contributed by atoms with E-state index in [1.807, 2.05) is 31.2 Å². The highest BCUT2D eigenvalue weighted by Gasteiger charge is 2.24. The number of carbonyl (C=O) groups excluding carboxylic acids is 2. The number of rotatable bonds is 6. The highest BCUT2D eigenvalue weighted by molar-refractivity contribution is 8.18. The third kappa shape index (κ3) is 4.92. The molecule has 1 heterocycles. The summed E-state index contributed by atoms with van der Waals surface area (Å²) in [6.07, 6.45) is 1.73. The quantitative estimate of drug-likeness (QED) is 0.730. The van der Waals surface area contributed by atoms with Gasteiger partial charge in [0, 0.05) is 0 Å². The van der Waals surface area contributed by atoms with Gasteiger partial charge in [0.25, 0.3) is 11.8 Å². The molecule has 2 aromatic carbocycles. The Balaban J connectivity index is 1.78. The molecule has 1 aliphatic rings. The first-order chi connectivity index (χ1) is 13.4. The summed E-state index contributed by atoms with van der Waals surface area (Å²) in [6.45, 7) is 1.76. The molecule has 0 bridgehead atoms. The van der Waals surface area contributed by atoms with E-state index in [0.717, 1.165) is 16.8 Å². The van der Waals surface area contributed by atoms with Crippen molar-refractivity contribution in [1.82, 2.24) is 5.32 Å². The SMILES string of the molecule is COc1cc(/C=C2\SC(=Nc3ccc(C)cc3)NC2=O)ccc1OCC(N)=O. The molecule has 3 N–H and O–H groups in total. The summed E-state index contributed by atoms with van der Waals surface area (Å²) in [7, 11) is 1.49. The molecule has 0 atom stereocenters. The van der Waals surface area contributed by atoms with Gasteiger partial charge in [-0.1, -0.05) is 23.8 Å². The Kier molecular flexibility index (Phi) is 6.00. The van der Waals surface area contributed by atoms with E-state index in [0.29, 0.717) is 21.6 Å². The molecule has 2 aromatic rings. The molecule has 144 valence electrons. The molecule has 0 aromatic heterocycles. The fourth-order valence-corrected chi connectivity index (χ4v) is 3.25. The van der Waals surface area contributed by atoms with E-state index in [9.17, 15) is 9.59 Å². The first kappa shape index (κ1) is 19.5. The third-order valence-electron chi connectivity index (χ3n) is 3.77. The lowest BCUT2D eigenvalue weighted by atomic mass is 10.2. The molecule has 0 aliphatic carbocycles. The molecule has 1 aliphatic heterocycles. The zero-order chi connectivity index (χ0) is 20.1. The van der Waals surface area contributed by atoms with E-state index in [4.69, 9.17) is 15.2 Å². The highest BCUT2D eigenvalue weighted by atomic mass is 32.2. The molecule has 0 radical (unpaired) electrons. The second-order valence-corrected chi connectivity index (χ2v) is 7.01. The number of aryl methyl sites for hydroxylation is 1. The average Bonchev–Trinajstić information content (AvgIpc) is 3.01. The predicted octanol–water partition coefficient (Wildman–Crippen LogP) is 2.76. The summed E-state index contributed by atoms with van der Waals surface area (Å²) in [6, 6.07) is 12.9. The number of amides is 2. The van der Waals surface area contributed by atoms with E-state index < -0.39 is 5.91 Å². The molecule has 2 amide bonds. The van der Waals surface area contributed by atoms with Crippen LogP contribution in [0.25, 0.3) is 6.08 Å². The van der Waals surface area contributed by atoms with Gasteiger partial charge in [-0.3, -0.25) is 9.59 Å². The van der Waals surface area contributed by atoms with Crippen LogP contribution in [-0.4, -0.2) is 30.7 Å². The Labute approximate surface area is 166 Å². The number of amidine groups is 1. The van der Waals surface area contributed by atoms with Crippen molar-refractivity contribution in [2.75, 3.05) is 13.7 Å². The molecular formula is C20H19N3O4S. The number of nitrogens with two attached hydrogens (primary N) is 1. The van der Waals surface area contributed by atoms with Gasteiger partial charge in [-0.15, -0.1) is 0 Å². The minimum Gasteiger partial charge on any atom is -0.493 e. The van der Waals surface area contributed by atoms with Crippen LogP contribution >= 0.6 is 11.8 Å². The van der Waals surface area contributed by atoms with E-state index in [2.05, 4.69) is 10.3 Å². The van der Waals surface area contributed by atoms with Crippen LogP contribution in [0.15, 0.2) is 52.4 Å². The number of aliphatic imine (C=N–C) groups is 1. The van der Waals surface area contributed by atoms with Gasteiger partial charge in [0.05, 0.1) is 17.7 Å². The van der Waals surface area contributed by atoms with E-state index in [-0.39, 0.29) is 12.5 Å². The molecule has 8 heteroatoms. The lowest BCUT2D eigenvalue weighted by molar-refractivity contribution is -0.120. The summed E-state index contributed by atoms with van der Waals surface area (Å²) in [4.78, 5) is 28.1. The van der Waals surface area contributed by atoms with E-state index in [1.54, 1.807) is 24.3 Å². The van der Waals surface area contributed by atoms with Gasteiger partial charge in [-0.2, -0.15) is 0 Å². The minimum atomic E-state index is -0.576. The van der Waals surface area contributed by atoms with Gasteiger partial charge in [-0.05, 0) is 54.6 Å². The zero-order valence-electron chi connectivity index (χ0n) is 15.4. The zero-order valence-corrected chi connectivity index (χ0v) is 16.2. The average molecular weight is 397 g/mol. The van der Waals surface area contributed by atoms with Gasteiger partial charge >= 0.3 is 0 Å². The lowest BCUT2D eigenvalue weighted by Crippen LogP contribution is -2.20. The molecule has 0 spiro atoms. The topological polar surface area (TPSA) is 103 Å². The molecular weight excluding hydrogens is 378 g/mol. The van der Waals surface area contributed by atoms with Crippen molar-refractivity contribution in [2.24, 2.45) is 10.7 Å². The number of methoxy groups -OCH3 is 1. The van der Waals surface area contributed by atoms with Crippen molar-refractivity contribution in [2.45, 2.75) is 6.92 Å². The van der Waals surface area contributed by atoms with Crippen LogP contribution in [0.5, 0.6) is 11.5 Å². The summed E-state index contributed by atoms with van der Waals surface area (Å²) in [5, 5.41) is 3.28. The van der Waals surface area contributed by atoms with E-state index in [1.165, 1.54) is 18.9 Å². The maximum Gasteiger partial charge on any atom is 0.264 e. The Bertz CT molecular complexity index is 968. The van der Waals surface area contributed by atoms with Crippen LogP contribution in [0.3, 0.4) is 0 Å². The molecule has 1 fully saturated rings. The van der Waals surface area contributed by atoms with Crippen LogP contribution in [0.2, 0.25) is 0 Å².